The van der Waals surface area contributed by atoms with E-state index in [1.807, 2.05) is 6.08 Å². The number of rotatable bonds is 3. The number of alkyl halides is 1. The van der Waals surface area contributed by atoms with E-state index >= 15 is 0 Å². The van der Waals surface area contributed by atoms with Crippen molar-refractivity contribution >= 4 is 0 Å². The quantitative estimate of drug-likeness (QED) is 0.632. The summed E-state index contributed by atoms with van der Waals surface area (Å²) in [7, 11) is 0. The van der Waals surface area contributed by atoms with Crippen LogP contribution < -0.4 is 0 Å². The zero-order chi connectivity index (χ0) is 10.7. The summed E-state index contributed by atoms with van der Waals surface area (Å²) in [5.74, 6) is 1.10. The first-order chi connectivity index (χ1) is 6.50. The standard InChI is InChI=1S/C13H21F/c1-9(2)7-11-5-6-12(14)8-13(11)10(3)4/h5,8-10,12H,6-7H2,1-4H3. The maximum Gasteiger partial charge on any atom is 0.122 e. The smallest absolute Gasteiger partial charge is 0.122 e. The van der Waals surface area contributed by atoms with E-state index in [2.05, 4.69) is 33.8 Å². The molecule has 0 N–H and O–H groups in total. The Balaban J connectivity index is 2.78. The van der Waals surface area contributed by atoms with Crippen molar-refractivity contribution in [2.24, 2.45) is 11.8 Å². The zero-order valence-electron chi connectivity index (χ0n) is 9.68. The van der Waals surface area contributed by atoms with Gasteiger partial charge >= 0.3 is 0 Å². The third-order valence-electron chi connectivity index (χ3n) is 2.57. The molecule has 1 unspecified atom stereocenters. The summed E-state index contributed by atoms with van der Waals surface area (Å²) in [5, 5.41) is 0. The van der Waals surface area contributed by atoms with Gasteiger partial charge in [0.25, 0.3) is 0 Å². The third-order valence-corrected chi connectivity index (χ3v) is 2.57. The van der Waals surface area contributed by atoms with Crippen molar-refractivity contribution in [3.63, 3.8) is 0 Å². The second kappa shape index (κ2) is 4.77. The first-order valence-corrected chi connectivity index (χ1v) is 5.56. The molecule has 1 aliphatic rings. The van der Waals surface area contributed by atoms with E-state index in [9.17, 15) is 4.39 Å². The molecule has 0 aliphatic heterocycles. The monoisotopic (exact) mass is 196 g/mol. The van der Waals surface area contributed by atoms with Gasteiger partial charge in [-0.2, -0.15) is 0 Å². The van der Waals surface area contributed by atoms with Crippen molar-refractivity contribution < 1.29 is 4.39 Å². The summed E-state index contributed by atoms with van der Waals surface area (Å²) in [4.78, 5) is 0. The van der Waals surface area contributed by atoms with Crippen LogP contribution in [0.4, 0.5) is 4.39 Å². The number of hydrogen-bond acceptors (Lipinski definition) is 0. The third kappa shape index (κ3) is 2.97. The van der Waals surface area contributed by atoms with Crippen molar-refractivity contribution in [1.82, 2.24) is 0 Å². The summed E-state index contributed by atoms with van der Waals surface area (Å²) in [6.45, 7) is 8.69. The predicted molar refractivity (Wildman–Crippen MR) is 60.0 cm³/mol. The second-order valence-electron chi connectivity index (χ2n) is 4.86. The Hall–Kier alpha value is -0.590. The van der Waals surface area contributed by atoms with Gasteiger partial charge in [0.05, 0.1) is 0 Å². The minimum Gasteiger partial charge on any atom is -0.243 e. The van der Waals surface area contributed by atoms with Gasteiger partial charge in [0.15, 0.2) is 0 Å². The molecule has 0 spiro atoms. The van der Waals surface area contributed by atoms with Crippen LogP contribution in [-0.4, -0.2) is 6.17 Å². The Bertz CT molecular complexity index is 246. The van der Waals surface area contributed by atoms with Crippen molar-refractivity contribution in [1.29, 1.82) is 0 Å². The average Bonchev–Trinajstić information content (AvgIpc) is 2.07. The second-order valence-corrected chi connectivity index (χ2v) is 4.86. The van der Waals surface area contributed by atoms with E-state index < -0.39 is 6.17 Å². The molecule has 80 valence electrons. The fourth-order valence-corrected chi connectivity index (χ4v) is 1.95. The molecule has 1 aliphatic carbocycles. The fourth-order valence-electron chi connectivity index (χ4n) is 1.95. The van der Waals surface area contributed by atoms with Crippen LogP contribution >= 0.6 is 0 Å². The van der Waals surface area contributed by atoms with Crippen LogP contribution in [0, 0.1) is 11.8 Å². The molecule has 0 fully saturated rings. The van der Waals surface area contributed by atoms with Gasteiger partial charge < -0.3 is 0 Å². The minimum absolute atomic E-state index is 0.443. The highest BCUT2D eigenvalue weighted by atomic mass is 19.1. The zero-order valence-corrected chi connectivity index (χ0v) is 9.68. The molecule has 0 amide bonds. The van der Waals surface area contributed by atoms with E-state index in [4.69, 9.17) is 0 Å². The maximum atomic E-state index is 13.2. The Labute approximate surface area is 86.9 Å². The molecular formula is C13H21F. The van der Waals surface area contributed by atoms with Crippen molar-refractivity contribution in [3.05, 3.63) is 23.3 Å². The largest absolute Gasteiger partial charge is 0.243 e. The summed E-state index contributed by atoms with van der Waals surface area (Å²) < 4.78 is 13.2. The number of allylic oxidation sites excluding steroid dienone is 4. The van der Waals surface area contributed by atoms with Gasteiger partial charge in [0.2, 0.25) is 0 Å². The van der Waals surface area contributed by atoms with Gasteiger partial charge in [-0.3, -0.25) is 0 Å². The van der Waals surface area contributed by atoms with Gasteiger partial charge in [-0.15, -0.1) is 0 Å². The predicted octanol–water partition coefficient (Wildman–Crippen LogP) is 4.28. The molecule has 1 heteroatoms. The van der Waals surface area contributed by atoms with Crippen LogP contribution in [0.15, 0.2) is 23.3 Å². The van der Waals surface area contributed by atoms with E-state index in [1.165, 1.54) is 11.1 Å². The Morgan fingerprint density at radius 2 is 2.00 bits per heavy atom. The van der Waals surface area contributed by atoms with Crippen molar-refractivity contribution in [3.8, 4) is 0 Å². The molecule has 1 rings (SSSR count). The highest BCUT2D eigenvalue weighted by Crippen LogP contribution is 2.30. The molecule has 0 saturated heterocycles. The Morgan fingerprint density at radius 1 is 1.36 bits per heavy atom. The lowest BCUT2D eigenvalue weighted by atomic mass is 9.85. The summed E-state index contributed by atoms with van der Waals surface area (Å²) in [6, 6.07) is 0. The van der Waals surface area contributed by atoms with Gasteiger partial charge in [0.1, 0.15) is 6.17 Å². The van der Waals surface area contributed by atoms with E-state index in [0.717, 1.165) is 6.42 Å². The van der Waals surface area contributed by atoms with Crippen molar-refractivity contribution in [2.45, 2.75) is 46.7 Å². The van der Waals surface area contributed by atoms with Crippen LogP contribution in [0.1, 0.15) is 40.5 Å². The molecule has 0 aromatic heterocycles. The van der Waals surface area contributed by atoms with Crippen LogP contribution in [0.5, 0.6) is 0 Å². The molecule has 1 atom stereocenters. The summed E-state index contributed by atoms with van der Waals surface area (Å²) in [5.41, 5.74) is 2.58. The topological polar surface area (TPSA) is 0 Å². The van der Waals surface area contributed by atoms with E-state index in [-0.39, 0.29) is 0 Å². The van der Waals surface area contributed by atoms with Crippen LogP contribution in [-0.2, 0) is 0 Å². The molecular weight excluding hydrogens is 175 g/mol. The Morgan fingerprint density at radius 3 is 2.50 bits per heavy atom. The van der Waals surface area contributed by atoms with Crippen LogP contribution in [0.3, 0.4) is 0 Å². The number of halogens is 1. The SMILES string of the molecule is CC(C)CC1=CCC(F)C=C1C(C)C. The fraction of sp³-hybridized carbons (Fsp3) is 0.692. The molecule has 0 radical (unpaired) electrons. The molecule has 0 aromatic rings. The first kappa shape index (κ1) is 11.5. The Kier molecular flexibility index (Phi) is 3.91. The van der Waals surface area contributed by atoms with Gasteiger partial charge in [0, 0.05) is 6.42 Å². The normalized spacial score (nSPS) is 22.6. The highest BCUT2D eigenvalue weighted by Gasteiger charge is 2.17. The first-order valence-electron chi connectivity index (χ1n) is 5.56. The molecule has 0 aromatic carbocycles. The lowest BCUT2D eigenvalue weighted by molar-refractivity contribution is 0.394. The average molecular weight is 196 g/mol. The molecule has 0 nitrogen and oxygen atoms in total. The van der Waals surface area contributed by atoms with Gasteiger partial charge in [-0.25, -0.2) is 4.39 Å². The molecule has 14 heavy (non-hydrogen) atoms. The maximum absolute atomic E-state index is 13.2. The van der Waals surface area contributed by atoms with E-state index in [1.54, 1.807) is 0 Å². The minimum atomic E-state index is -0.761. The van der Waals surface area contributed by atoms with Crippen LogP contribution in [0.2, 0.25) is 0 Å². The van der Waals surface area contributed by atoms with Crippen molar-refractivity contribution in [2.75, 3.05) is 0 Å². The van der Waals surface area contributed by atoms with E-state index in [0.29, 0.717) is 18.3 Å². The lowest BCUT2D eigenvalue weighted by Gasteiger charge is -2.22. The molecule has 0 bridgehead atoms. The number of hydrogen-bond donors (Lipinski definition) is 0. The van der Waals surface area contributed by atoms with Gasteiger partial charge in [-0.05, 0) is 35.5 Å². The molecule has 0 saturated carbocycles. The van der Waals surface area contributed by atoms with Crippen LogP contribution in [0.25, 0.3) is 0 Å². The lowest BCUT2D eigenvalue weighted by Crippen LogP contribution is -2.10. The highest BCUT2D eigenvalue weighted by molar-refractivity contribution is 5.36. The van der Waals surface area contributed by atoms with Gasteiger partial charge in [-0.1, -0.05) is 33.8 Å². The summed E-state index contributed by atoms with van der Waals surface area (Å²) in [6.07, 6.45) is 4.78. The molecule has 0 heterocycles. The summed E-state index contributed by atoms with van der Waals surface area (Å²) >= 11 is 0.